The number of likely N-dealkylation sites (tertiary alicyclic amines) is 1. The van der Waals surface area contributed by atoms with Crippen LogP contribution < -0.4 is 15.8 Å². The number of rotatable bonds is 13. The van der Waals surface area contributed by atoms with Crippen LogP contribution in [-0.2, 0) is 38.5 Å². The fraction of sp³-hybridized carbons (Fsp3) is 0.379. The summed E-state index contributed by atoms with van der Waals surface area (Å²) in [5.74, 6) is -0.921. The lowest BCUT2D eigenvalue weighted by atomic mass is 10.1. The van der Waals surface area contributed by atoms with Gasteiger partial charge in [0.25, 0.3) is 0 Å². The summed E-state index contributed by atoms with van der Waals surface area (Å²) in [5.41, 5.74) is 8.13. The first-order valence-electron chi connectivity index (χ1n) is 13.1. The normalized spacial score (nSPS) is 16.7. The van der Waals surface area contributed by atoms with E-state index in [9.17, 15) is 18.0 Å². The maximum absolute atomic E-state index is 13.7. The summed E-state index contributed by atoms with van der Waals surface area (Å²) in [6.07, 6.45) is 9.42. The zero-order valence-corrected chi connectivity index (χ0v) is 23.8. The van der Waals surface area contributed by atoms with Crippen molar-refractivity contribution in [2.75, 3.05) is 6.54 Å². The standard InChI is InChI=1S/C29H37ClN4O4S/c1-2-3-4-5-9-13-26(33-39(37,38)21-22-11-7-6-8-12-22)29(36)34-17-10-14-27(34)28(35)32-20-24-18-25(30)16-15-23(24)19-31/h2-8,11-12,15-16,18,26-27,33H,9-10,13-14,17,19-21,31H2,1H3,(H,32,35)/b3-2-,5-4+/t26-,27+/m1/s1. The summed E-state index contributed by atoms with van der Waals surface area (Å²) < 4.78 is 28.6. The molecule has 1 saturated heterocycles. The lowest BCUT2D eigenvalue weighted by Gasteiger charge is -2.28. The maximum Gasteiger partial charge on any atom is 0.243 e. The molecule has 1 aliphatic rings. The Morgan fingerprint density at radius 3 is 2.64 bits per heavy atom. The molecule has 2 aromatic carbocycles. The van der Waals surface area contributed by atoms with Crippen molar-refractivity contribution in [3.63, 3.8) is 0 Å². The summed E-state index contributed by atoms with van der Waals surface area (Å²) in [6.45, 7) is 2.82. The number of hydrogen-bond donors (Lipinski definition) is 3. The summed E-state index contributed by atoms with van der Waals surface area (Å²) in [4.78, 5) is 28.4. The van der Waals surface area contributed by atoms with Crippen molar-refractivity contribution in [3.05, 3.63) is 94.5 Å². The van der Waals surface area contributed by atoms with Crippen molar-refractivity contribution >= 4 is 33.4 Å². The average Bonchev–Trinajstić information content (AvgIpc) is 3.41. The van der Waals surface area contributed by atoms with Crippen LogP contribution in [0.2, 0.25) is 5.02 Å². The Morgan fingerprint density at radius 1 is 1.15 bits per heavy atom. The molecular weight excluding hydrogens is 536 g/mol. The summed E-state index contributed by atoms with van der Waals surface area (Å²) >= 11 is 6.12. The average molecular weight is 573 g/mol. The van der Waals surface area contributed by atoms with E-state index in [1.165, 1.54) is 4.90 Å². The number of amides is 2. The predicted molar refractivity (Wildman–Crippen MR) is 155 cm³/mol. The Balaban J connectivity index is 1.72. The zero-order valence-electron chi connectivity index (χ0n) is 22.2. The molecule has 4 N–H and O–H groups in total. The molecule has 2 amide bonds. The zero-order chi connectivity index (χ0) is 28.3. The minimum atomic E-state index is -3.81. The highest BCUT2D eigenvalue weighted by Crippen LogP contribution is 2.21. The van der Waals surface area contributed by atoms with E-state index in [-0.39, 0.29) is 24.6 Å². The maximum atomic E-state index is 13.7. The van der Waals surface area contributed by atoms with Gasteiger partial charge in [-0.05, 0) is 61.4 Å². The number of halogens is 1. The van der Waals surface area contributed by atoms with Gasteiger partial charge in [-0.2, -0.15) is 0 Å². The van der Waals surface area contributed by atoms with Gasteiger partial charge in [-0.3, -0.25) is 9.59 Å². The number of allylic oxidation sites excluding steroid dienone is 4. The largest absolute Gasteiger partial charge is 0.350 e. The van der Waals surface area contributed by atoms with Gasteiger partial charge in [-0.1, -0.05) is 72.3 Å². The first-order chi connectivity index (χ1) is 18.7. The second-order valence-electron chi connectivity index (χ2n) is 9.47. The number of benzene rings is 2. The van der Waals surface area contributed by atoms with E-state index in [4.69, 9.17) is 17.3 Å². The van der Waals surface area contributed by atoms with Crippen LogP contribution in [0.15, 0.2) is 72.8 Å². The van der Waals surface area contributed by atoms with Gasteiger partial charge in [0.15, 0.2) is 0 Å². The van der Waals surface area contributed by atoms with Gasteiger partial charge in [0, 0.05) is 24.7 Å². The second kappa shape index (κ2) is 15.0. The van der Waals surface area contributed by atoms with Crippen LogP contribution >= 0.6 is 11.6 Å². The lowest BCUT2D eigenvalue weighted by molar-refractivity contribution is -0.139. The Hall–Kier alpha value is -2.98. The Bertz CT molecular complexity index is 1280. The van der Waals surface area contributed by atoms with Crippen LogP contribution in [0.1, 0.15) is 49.3 Å². The first-order valence-corrected chi connectivity index (χ1v) is 15.1. The lowest BCUT2D eigenvalue weighted by Crippen LogP contribution is -2.53. The van der Waals surface area contributed by atoms with Gasteiger partial charge in [-0.15, -0.1) is 0 Å². The van der Waals surface area contributed by atoms with Gasteiger partial charge in [0.2, 0.25) is 21.8 Å². The highest BCUT2D eigenvalue weighted by Gasteiger charge is 2.38. The third-order valence-electron chi connectivity index (χ3n) is 6.56. The van der Waals surface area contributed by atoms with Gasteiger partial charge >= 0.3 is 0 Å². The molecule has 2 aromatic rings. The van der Waals surface area contributed by atoms with E-state index in [0.29, 0.717) is 42.9 Å². The number of nitrogens with two attached hydrogens (primary N) is 1. The van der Waals surface area contributed by atoms with E-state index >= 15 is 0 Å². The molecule has 1 aliphatic heterocycles. The molecule has 8 nitrogen and oxygen atoms in total. The van der Waals surface area contributed by atoms with E-state index in [2.05, 4.69) is 10.0 Å². The van der Waals surface area contributed by atoms with Crippen molar-refractivity contribution in [2.45, 2.75) is 63.5 Å². The Labute approximate surface area is 236 Å². The van der Waals surface area contributed by atoms with Crippen LogP contribution in [-0.4, -0.2) is 43.8 Å². The molecule has 0 aromatic heterocycles. The SMILES string of the molecule is C/C=C\C=C\CC[C@@H](NS(=O)(=O)Cc1ccccc1)C(=O)N1CCC[C@H]1C(=O)NCc1cc(Cl)ccc1CN. The molecule has 0 unspecified atom stereocenters. The molecule has 2 atom stereocenters. The number of hydrogen-bond acceptors (Lipinski definition) is 5. The highest BCUT2D eigenvalue weighted by molar-refractivity contribution is 7.88. The molecule has 1 heterocycles. The van der Waals surface area contributed by atoms with Crippen molar-refractivity contribution < 1.29 is 18.0 Å². The molecule has 0 radical (unpaired) electrons. The molecule has 0 saturated carbocycles. The van der Waals surface area contributed by atoms with Crippen LogP contribution in [0.4, 0.5) is 0 Å². The fourth-order valence-corrected chi connectivity index (χ4v) is 6.16. The first kappa shape index (κ1) is 30.6. The molecule has 39 heavy (non-hydrogen) atoms. The second-order valence-corrected chi connectivity index (χ2v) is 11.7. The molecule has 0 spiro atoms. The van der Waals surface area contributed by atoms with Crippen LogP contribution in [0, 0.1) is 0 Å². The Morgan fingerprint density at radius 2 is 1.92 bits per heavy atom. The molecular formula is C29H37ClN4O4S. The van der Waals surface area contributed by atoms with Crippen molar-refractivity contribution in [1.82, 2.24) is 14.9 Å². The number of sulfonamides is 1. The third-order valence-corrected chi connectivity index (χ3v) is 8.15. The quantitative estimate of drug-likeness (QED) is 0.315. The van der Waals surface area contributed by atoms with Gasteiger partial charge in [0.05, 0.1) is 5.75 Å². The number of nitrogens with one attached hydrogen (secondary N) is 2. The highest BCUT2D eigenvalue weighted by atomic mass is 35.5. The summed E-state index contributed by atoms with van der Waals surface area (Å²) in [6, 6.07) is 12.5. The molecule has 1 fully saturated rings. The van der Waals surface area contributed by atoms with Crippen molar-refractivity contribution in [1.29, 1.82) is 0 Å². The van der Waals surface area contributed by atoms with Crippen LogP contribution in [0.5, 0.6) is 0 Å². The molecule has 3 rings (SSSR count). The monoisotopic (exact) mass is 572 g/mol. The minimum absolute atomic E-state index is 0.229. The van der Waals surface area contributed by atoms with Gasteiger partial charge < -0.3 is 16.0 Å². The molecule has 210 valence electrons. The van der Waals surface area contributed by atoms with Gasteiger partial charge in [0.1, 0.15) is 12.1 Å². The molecule has 10 heteroatoms. The number of carbonyl (C=O) groups excluding carboxylic acids is 2. The minimum Gasteiger partial charge on any atom is -0.350 e. The van der Waals surface area contributed by atoms with Crippen molar-refractivity contribution in [3.8, 4) is 0 Å². The number of carbonyl (C=O) groups is 2. The molecule has 0 bridgehead atoms. The van der Waals surface area contributed by atoms with E-state index in [1.54, 1.807) is 36.4 Å². The summed E-state index contributed by atoms with van der Waals surface area (Å²) in [7, 11) is -3.81. The smallest absolute Gasteiger partial charge is 0.243 e. The van der Waals surface area contributed by atoms with Crippen LogP contribution in [0.25, 0.3) is 0 Å². The molecule has 0 aliphatic carbocycles. The van der Waals surface area contributed by atoms with Crippen LogP contribution in [0.3, 0.4) is 0 Å². The van der Waals surface area contributed by atoms with E-state index in [0.717, 1.165) is 11.1 Å². The van der Waals surface area contributed by atoms with Gasteiger partial charge in [-0.25, -0.2) is 13.1 Å². The summed E-state index contributed by atoms with van der Waals surface area (Å²) in [5, 5.41) is 3.45. The fourth-order valence-electron chi connectivity index (χ4n) is 4.60. The Kier molecular flexibility index (Phi) is 11.7. The van der Waals surface area contributed by atoms with Crippen molar-refractivity contribution in [2.24, 2.45) is 5.73 Å². The van der Waals surface area contributed by atoms with E-state index < -0.39 is 28.0 Å². The number of nitrogens with zero attached hydrogens (tertiary/aromatic N) is 1. The third kappa shape index (κ3) is 9.32. The predicted octanol–water partition coefficient (Wildman–Crippen LogP) is 3.81. The van der Waals surface area contributed by atoms with E-state index in [1.807, 2.05) is 43.4 Å². The topological polar surface area (TPSA) is 122 Å².